The Hall–Kier alpha value is -1.21. The third kappa shape index (κ3) is 8.82. The Balaban J connectivity index is 0. The minimum Gasteiger partial charge on any atom is -0.554 e. The van der Waals surface area contributed by atoms with E-state index in [2.05, 4.69) is 11.2 Å². The van der Waals surface area contributed by atoms with Crippen molar-refractivity contribution in [2.24, 2.45) is 0 Å². The Morgan fingerprint density at radius 2 is 2.00 bits per heavy atom. The van der Waals surface area contributed by atoms with Crippen LogP contribution in [0.25, 0.3) is 5.69 Å². The van der Waals surface area contributed by atoms with E-state index in [9.17, 15) is 8.42 Å². The molecule has 20 heavy (non-hydrogen) atoms. The Labute approximate surface area is 132 Å². The van der Waals surface area contributed by atoms with E-state index in [1.807, 2.05) is 24.4 Å². The largest absolute Gasteiger partial charge is 0.554 e. The van der Waals surface area contributed by atoms with Gasteiger partial charge in [-0.1, -0.05) is 0 Å². The molecule has 0 atom stereocenters. The number of aromatic nitrogens is 2. The summed E-state index contributed by atoms with van der Waals surface area (Å²) in [4.78, 5) is 0. The molecule has 1 radical (unpaired) electrons. The SMILES string of the molecule is COc1c[c-]c(-n2cccn2)cc1.CS(=O)(=O)O.[CH3-].[Ir]. The van der Waals surface area contributed by atoms with Crippen molar-refractivity contribution < 1.29 is 37.8 Å². The van der Waals surface area contributed by atoms with Crippen LogP contribution in [0.3, 0.4) is 0 Å². The monoisotopic (exact) mass is 477 g/mol. The summed E-state index contributed by atoms with van der Waals surface area (Å²) < 4.78 is 32.6. The van der Waals surface area contributed by atoms with Crippen molar-refractivity contribution in [3.63, 3.8) is 0 Å². The average molecular weight is 477 g/mol. The van der Waals surface area contributed by atoms with Crippen LogP contribution in [0.4, 0.5) is 0 Å². The molecule has 8 heteroatoms. The topological polar surface area (TPSA) is 81.4 Å². The van der Waals surface area contributed by atoms with Gasteiger partial charge in [-0.3, -0.25) is 9.23 Å². The smallest absolute Gasteiger partial charge is 0.261 e. The average Bonchev–Trinajstić information content (AvgIpc) is 2.80. The predicted molar refractivity (Wildman–Crippen MR) is 72.8 cm³/mol. The van der Waals surface area contributed by atoms with Crippen LogP contribution in [0.15, 0.2) is 36.7 Å². The molecule has 1 aromatic carbocycles. The van der Waals surface area contributed by atoms with Crippen molar-refractivity contribution in [2.75, 3.05) is 13.4 Å². The molecule has 6 nitrogen and oxygen atoms in total. The second-order valence-corrected chi connectivity index (χ2v) is 4.76. The molecule has 0 bridgehead atoms. The van der Waals surface area contributed by atoms with Gasteiger partial charge in [0.1, 0.15) is 0 Å². The van der Waals surface area contributed by atoms with Crippen LogP contribution in [0.5, 0.6) is 5.75 Å². The van der Waals surface area contributed by atoms with Crippen molar-refractivity contribution in [3.8, 4) is 11.4 Å². The quantitative estimate of drug-likeness (QED) is 0.527. The fourth-order valence-electron chi connectivity index (χ4n) is 1.08. The van der Waals surface area contributed by atoms with Gasteiger partial charge in [-0.2, -0.15) is 19.6 Å². The molecule has 0 fully saturated rings. The fourth-order valence-corrected chi connectivity index (χ4v) is 1.08. The molecule has 0 spiro atoms. The van der Waals surface area contributed by atoms with E-state index in [0.717, 1.165) is 11.4 Å². The molecule has 1 N–H and O–H groups in total. The van der Waals surface area contributed by atoms with Crippen molar-refractivity contribution >= 4 is 10.1 Å². The first-order chi connectivity index (χ1) is 8.40. The first-order valence-electron chi connectivity index (χ1n) is 4.88. The van der Waals surface area contributed by atoms with Crippen LogP contribution < -0.4 is 4.74 Å². The van der Waals surface area contributed by atoms with E-state index in [-0.39, 0.29) is 27.5 Å². The zero-order valence-corrected chi connectivity index (χ0v) is 14.5. The molecule has 1 heterocycles. The molecule has 0 aliphatic rings. The van der Waals surface area contributed by atoms with E-state index in [1.54, 1.807) is 24.1 Å². The maximum absolute atomic E-state index is 9.19. The normalized spacial score (nSPS) is 9.35. The van der Waals surface area contributed by atoms with Gasteiger partial charge in [-0.15, -0.1) is 18.2 Å². The molecule has 1 aromatic heterocycles. The minimum absolute atomic E-state index is 0. The second-order valence-electron chi connectivity index (χ2n) is 3.30. The minimum atomic E-state index is -3.67. The number of hydrogen-bond acceptors (Lipinski definition) is 4. The summed E-state index contributed by atoms with van der Waals surface area (Å²) in [6.07, 6.45) is 4.32. The van der Waals surface area contributed by atoms with E-state index < -0.39 is 10.1 Å². The summed E-state index contributed by atoms with van der Waals surface area (Å²) in [7, 11) is -2.03. The first kappa shape index (κ1) is 21.1. The van der Waals surface area contributed by atoms with Crippen molar-refractivity contribution in [2.45, 2.75) is 0 Å². The number of nitrogens with zero attached hydrogens (tertiary/aromatic N) is 2. The second kappa shape index (κ2) is 9.66. The van der Waals surface area contributed by atoms with Crippen molar-refractivity contribution in [1.82, 2.24) is 9.78 Å². The molecular formula is C12H16IrN2O4S-2. The van der Waals surface area contributed by atoms with E-state index in [0.29, 0.717) is 6.26 Å². The van der Waals surface area contributed by atoms with Gasteiger partial charge in [0.2, 0.25) is 0 Å². The van der Waals surface area contributed by atoms with Gasteiger partial charge in [0.05, 0.1) is 13.4 Å². The van der Waals surface area contributed by atoms with E-state index >= 15 is 0 Å². The predicted octanol–water partition coefficient (Wildman–Crippen LogP) is 1.63. The summed E-state index contributed by atoms with van der Waals surface area (Å²) in [5, 5.41) is 4.09. The Kier molecular flexibility index (Phi) is 10.2. The molecule has 0 unspecified atom stereocenters. The number of methoxy groups -OCH3 is 1. The zero-order chi connectivity index (χ0) is 13.6. The van der Waals surface area contributed by atoms with Gasteiger partial charge < -0.3 is 12.2 Å². The molecule has 0 amide bonds. The van der Waals surface area contributed by atoms with Gasteiger partial charge in [0.15, 0.2) is 0 Å². The Morgan fingerprint density at radius 3 is 2.35 bits per heavy atom. The molecule has 0 aliphatic heterocycles. The number of rotatable bonds is 2. The third-order valence-corrected chi connectivity index (χ3v) is 1.75. The standard InChI is InChI=1S/C10H9N2O.CH4O3S.CH3.Ir/c1-13-10-5-3-9(4-6-10)12-8-2-7-11-12;1-5(2,3)4;;/h2-3,5-8H,1H3;1H3,(H,2,3,4);1H3;/q-1;;-1;. The molecule has 2 aromatic rings. The molecule has 0 aliphatic carbocycles. The molecule has 0 saturated carbocycles. The molecule has 2 rings (SSSR count). The van der Waals surface area contributed by atoms with Gasteiger partial charge in [-0.25, -0.2) is 0 Å². The van der Waals surface area contributed by atoms with Crippen LogP contribution in [-0.2, 0) is 30.2 Å². The molecule has 0 saturated heterocycles. The summed E-state index contributed by atoms with van der Waals surface area (Å²) >= 11 is 0. The fraction of sp³-hybridized carbons (Fsp3) is 0.167. The van der Waals surface area contributed by atoms with Gasteiger partial charge in [-0.05, 0) is 11.8 Å². The summed E-state index contributed by atoms with van der Waals surface area (Å²) in [6.45, 7) is 0. The number of ether oxygens (including phenoxy) is 1. The van der Waals surface area contributed by atoms with Crippen LogP contribution in [0, 0.1) is 13.5 Å². The number of hydrogen-bond donors (Lipinski definition) is 1. The van der Waals surface area contributed by atoms with E-state index in [1.165, 1.54) is 0 Å². The first-order valence-corrected chi connectivity index (χ1v) is 6.73. The summed E-state index contributed by atoms with van der Waals surface area (Å²) in [5.41, 5.74) is 0.908. The van der Waals surface area contributed by atoms with Crippen molar-refractivity contribution in [3.05, 3.63) is 50.2 Å². The van der Waals surface area contributed by atoms with Gasteiger partial charge >= 0.3 is 0 Å². The van der Waals surface area contributed by atoms with Crippen LogP contribution in [0.2, 0.25) is 0 Å². The van der Waals surface area contributed by atoms with Crippen LogP contribution >= 0.6 is 0 Å². The van der Waals surface area contributed by atoms with Gasteiger partial charge in [0, 0.05) is 38.2 Å². The molecular weight excluding hydrogens is 460 g/mol. The summed E-state index contributed by atoms with van der Waals surface area (Å²) in [6, 6.07) is 10.5. The van der Waals surface area contributed by atoms with Crippen LogP contribution in [0.1, 0.15) is 0 Å². The van der Waals surface area contributed by atoms with Gasteiger partial charge in [0.25, 0.3) is 10.1 Å². The maximum atomic E-state index is 9.19. The zero-order valence-electron chi connectivity index (χ0n) is 11.3. The van der Waals surface area contributed by atoms with Crippen molar-refractivity contribution in [1.29, 1.82) is 0 Å². The molecule has 115 valence electrons. The summed E-state index contributed by atoms with van der Waals surface area (Å²) in [5.74, 6) is 0.802. The maximum Gasteiger partial charge on any atom is 0.261 e. The Bertz CT molecular complexity index is 560. The number of benzene rings is 1. The third-order valence-electron chi connectivity index (χ3n) is 1.75. The van der Waals surface area contributed by atoms with Crippen LogP contribution in [-0.4, -0.2) is 36.1 Å². The van der Waals surface area contributed by atoms with E-state index in [4.69, 9.17) is 9.29 Å². The Morgan fingerprint density at radius 1 is 1.40 bits per heavy atom.